The molecule has 1 saturated heterocycles. The van der Waals surface area contributed by atoms with Crippen LogP contribution in [-0.4, -0.2) is 36.2 Å². The van der Waals surface area contributed by atoms with Gasteiger partial charge in [-0.15, -0.1) is 0 Å². The Morgan fingerprint density at radius 1 is 1.37 bits per heavy atom. The fourth-order valence-corrected chi connectivity index (χ4v) is 2.60. The zero-order chi connectivity index (χ0) is 13.7. The maximum absolute atomic E-state index is 13.3. The highest BCUT2D eigenvalue weighted by molar-refractivity contribution is 5.27. The maximum Gasteiger partial charge on any atom is 0.165 e. The fraction of sp³-hybridized carbons (Fsp3) is 0.600. The molecule has 0 aliphatic carbocycles. The molecule has 1 aliphatic heterocycles. The molecule has 0 atom stereocenters. The summed E-state index contributed by atoms with van der Waals surface area (Å²) < 4.78 is 13.3. The zero-order valence-corrected chi connectivity index (χ0v) is 11.5. The Labute approximate surface area is 114 Å². The summed E-state index contributed by atoms with van der Waals surface area (Å²) in [7, 11) is 0. The summed E-state index contributed by atoms with van der Waals surface area (Å²) in [6.45, 7) is 7.18. The Bertz CT molecular complexity index is 403. The quantitative estimate of drug-likeness (QED) is 0.859. The number of phenols is 1. The van der Waals surface area contributed by atoms with Crippen LogP contribution in [0.25, 0.3) is 0 Å². The molecule has 4 heteroatoms. The molecule has 0 amide bonds. The van der Waals surface area contributed by atoms with E-state index in [1.165, 1.54) is 25.0 Å². The molecule has 1 fully saturated rings. The number of halogens is 1. The van der Waals surface area contributed by atoms with Gasteiger partial charge in [0.2, 0.25) is 0 Å². The van der Waals surface area contributed by atoms with Gasteiger partial charge in [-0.1, -0.05) is 13.0 Å². The van der Waals surface area contributed by atoms with Gasteiger partial charge in [0.15, 0.2) is 11.6 Å². The van der Waals surface area contributed by atoms with Crippen LogP contribution in [0.2, 0.25) is 0 Å². The lowest BCUT2D eigenvalue weighted by molar-refractivity contribution is 0.175. The first-order valence-corrected chi connectivity index (χ1v) is 7.09. The van der Waals surface area contributed by atoms with Crippen molar-refractivity contribution >= 4 is 0 Å². The third-order valence-corrected chi connectivity index (χ3v) is 3.81. The van der Waals surface area contributed by atoms with E-state index in [2.05, 4.69) is 17.1 Å². The molecule has 2 rings (SSSR count). The topological polar surface area (TPSA) is 35.5 Å². The molecule has 1 aromatic rings. The third-order valence-electron chi connectivity index (χ3n) is 3.81. The van der Waals surface area contributed by atoms with E-state index in [0.29, 0.717) is 0 Å². The van der Waals surface area contributed by atoms with Crippen molar-refractivity contribution in [2.24, 2.45) is 5.92 Å². The molecule has 1 heterocycles. The van der Waals surface area contributed by atoms with Crippen molar-refractivity contribution in [1.82, 2.24) is 10.2 Å². The van der Waals surface area contributed by atoms with E-state index >= 15 is 0 Å². The first-order chi connectivity index (χ1) is 9.19. The lowest BCUT2D eigenvalue weighted by Crippen LogP contribution is -2.36. The van der Waals surface area contributed by atoms with Gasteiger partial charge in [-0.25, -0.2) is 4.39 Å². The Morgan fingerprint density at radius 2 is 2.11 bits per heavy atom. The van der Waals surface area contributed by atoms with Crippen LogP contribution in [0.4, 0.5) is 4.39 Å². The Balaban J connectivity index is 1.80. The van der Waals surface area contributed by atoms with E-state index in [4.69, 9.17) is 0 Å². The van der Waals surface area contributed by atoms with E-state index in [0.717, 1.165) is 44.2 Å². The molecule has 0 bridgehead atoms. The van der Waals surface area contributed by atoms with Crippen LogP contribution in [0, 0.1) is 11.7 Å². The molecule has 0 aromatic heterocycles. The number of piperidine rings is 1. The molecular weight excluding hydrogens is 243 g/mol. The smallest absolute Gasteiger partial charge is 0.165 e. The van der Waals surface area contributed by atoms with Gasteiger partial charge in [0.1, 0.15) is 0 Å². The second-order valence-corrected chi connectivity index (χ2v) is 5.31. The van der Waals surface area contributed by atoms with Crippen LogP contribution >= 0.6 is 0 Å². The second kappa shape index (κ2) is 6.87. The fourth-order valence-electron chi connectivity index (χ4n) is 2.60. The minimum absolute atomic E-state index is 0.270. The van der Waals surface area contributed by atoms with Crippen molar-refractivity contribution in [3.8, 4) is 5.75 Å². The van der Waals surface area contributed by atoms with Gasteiger partial charge in [-0.2, -0.15) is 0 Å². The zero-order valence-electron chi connectivity index (χ0n) is 11.5. The number of rotatable bonds is 5. The molecule has 0 unspecified atom stereocenters. The number of nitrogens with one attached hydrogen (secondary N) is 1. The first kappa shape index (κ1) is 14.3. The standard InChI is InChI=1S/C15H23FN2O/c1-2-17-10-12-5-7-18(8-6-12)11-13-3-4-15(19)14(16)9-13/h3-4,9,12,17,19H,2,5-8,10-11H2,1H3. The minimum atomic E-state index is -0.528. The highest BCUT2D eigenvalue weighted by atomic mass is 19.1. The third kappa shape index (κ3) is 4.18. The highest BCUT2D eigenvalue weighted by Gasteiger charge is 2.18. The molecule has 3 nitrogen and oxygen atoms in total. The van der Waals surface area contributed by atoms with Gasteiger partial charge in [0.25, 0.3) is 0 Å². The number of aromatic hydroxyl groups is 1. The Morgan fingerprint density at radius 3 is 2.74 bits per heavy atom. The van der Waals surface area contributed by atoms with E-state index in [1.807, 2.05) is 0 Å². The lowest BCUT2D eigenvalue weighted by atomic mass is 9.96. The van der Waals surface area contributed by atoms with Crippen molar-refractivity contribution in [2.75, 3.05) is 26.2 Å². The van der Waals surface area contributed by atoms with Gasteiger partial charge in [0.05, 0.1) is 0 Å². The average molecular weight is 266 g/mol. The van der Waals surface area contributed by atoms with Crippen molar-refractivity contribution in [1.29, 1.82) is 0 Å². The predicted molar refractivity (Wildman–Crippen MR) is 74.6 cm³/mol. The van der Waals surface area contributed by atoms with Gasteiger partial charge in [-0.05, 0) is 62.6 Å². The summed E-state index contributed by atoms with van der Waals surface area (Å²) >= 11 is 0. The van der Waals surface area contributed by atoms with E-state index < -0.39 is 5.82 Å². The van der Waals surface area contributed by atoms with Crippen molar-refractivity contribution in [3.05, 3.63) is 29.6 Å². The second-order valence-electron chi connectivity index (χ2n) is 5.31. The largest absolute Gasteiger partial charge is 0.505 e. The molecule has 0 radical (unpaired) electrons. The van der Waals surface area contributed by atoms with Crippen molar-refractivity contribution < 1.29 is 9.50 Å². The number of phenolic OH excluding ortho intramolecular Hbond substituents is 1. The lowest BCUT2D eigenvalue weighted by Gasteiger charge is -2.32. The summed E-state index contributed by atoms with van der Waals surface area (Å²) in [6.07, 6.45) is 2.40. The normalized spacial score (nSPS) is 17.8. The number of benzene rings is 1. The van der Waals surface area contributed by atoms with Crippen LogP contribution in [-0.2, 0) is 6.54 Å². The summed E-state index contributed by atoms with van der Waals surface area (Å²) in [6, 6.07) is 4.66. The van der Waals surface area contributed by atoms with Gasteiger partial charge in [-0.3, -0.25) is 4.90 Å². The van der Waals surface area contributed by atoms with Crippen LogP contribution in [0.15, 0.2) is 18.2 Å². The van der Waals surface area contributed by atoms with Crippen LogP contribution in [0.5, 0.6) is 5.75 Å². The van der Waals surface area contributed by atoms with Crippen LogP contribution in [0.1, 0.15) is 25.3 Å². The molecule has 0 saturated carbocycles. The summed E-state index contributed by atoms with van der Waals surface area (Å²) in [5, 5.41) is 12.6. The minimum Gasteiger partial charge on any atom is -0.505 e. The highest BCUT2D eigenvalue weighted by Crippen LogP contribution is 2.21. The Hall–Kier alpha value is -1.13. The van der Waals surface area contributed by atoms with E-state index in [-0.39, 0.29) is 5.75 Å². The van der Waals surface area contributed by atoms with E-state index in [1.54, 1.807) is 6.07 Å². The van der Waals surface area contributed by atoms with Crippen molar-refractivity contribution in [2.45, 2.75) is 26.3 Å². The predicted octanol–water partition coefficient (Wildman–Crippen LogP) is 2.35. The number of likely N-dealkylation sites (tertiary alicyclic amines) is 1. The molecule has 1 aromatic carbocycles. The number of hydrogen-bond donors (Lipinski definition) is 2. The summed E-state index contributed by atoms with van der Waals surface area (Å²) in [5.41, 5.74) is 0.931. The summed E-state index contributed by atoms with van der Waals surface area (Å²) in [5.74, 6) is -0.0274. The summed E-state index contributed by atoms with van der Waals surface area (Å²) in [4.78, 5) is 2.36. The SMILES string of the molecule is CCNCC1CCN(Cc2ccc(O)c(F)c2)CC1. The van der Waals surface area contributed by atoms with E-state index in [9.17, 15) is 9.50 Å². The monoisotopic (exact) mass is 266 g/mol. The molecule has 2 N–H and O–H groups in total. The van der Waals surface area contributed by atoms with Crippen LogP contribution in [0.3, 0.4) is 0 Å². The number of hydrogen-bond acceptors (Lipinski definition) is 3. The van der Waals surface area contributed by atoms with Gasteiger partial charge in [0, 0.05) is 6.54 Å². The van der Waals surface area contributed by atoms with Crippen LogP contribution < -0.4 is 5.32 Å². The first-order valence-electron chi connectivity index (χ1n) is 7.09. The molecular formula is C15H23FN2O. The molecule has 1 aliphatic rings. The maximum atomic E-state index is 13.3. The molecule has 106 valence electrons. The molecule has 19 heavy (non-hydrogen) atoms. The Kier molecular flexibility index (Phi) is 5.16. The number of nitrogens with zero attached hydrogens (tertiary/aromatic N) is 1. The average Bonchev–Trinajstić information content (AvgIpc) is 2.42. The molecule has 0 spiro atoms. The van der Waals surface area contributed by atoms with Gasteiger partial charge >= 0.3 is 0 Å². The van der Waals surface area contributed by atoms with Crippen molar-refractivity contribution in [3.63, 3.8) is 0 Å². The van der Waals surface area contributed by atoms with Gasteiger partial charge < -0.3 is 10.4 Å².